The average Bonchev–Trinajstić information content (AvgIpc) is 3.69. The van der Waals surface area contributed by atoms with Gasteiger partial charge in [-0.15, -0.1) is 0 Å². The van der Waals surface area contributed by atoms with Gasteiger partial charge in [0.1, 0.15) is 16.8 Å². The summed E-state index contributed by atoms with van der Waals surface area (Å²) in [7, 11) is 5.81. The number of likely N-dealkylation sites (tertiary alicyclic amines) is 3. The molecule has 6 atom stereocenters. The zero-order chi connectivity index (χ0) is 40.4. The van der Waals surface area contributed by atoms with Crippen molar-refractivity contribution in [1.82, 2.24) is 14.7 Å². The predicted octanol–water partition coefficient (Wildman–Crippen LogP) is 2.92. The van der Waals surface area contributed by atoms with Crippen molar-refractivity contribution in [2.75, 3.05) is 67.9 Å². The normalized spacial score (nSPS) is 24.2. The van der Waals surface area contributed by atoms with Crippen molar-refractivity contribution < 1.29 is 71.6 Å². The fraction of sp³-hybridized carbons (Fsp3) is 0.912. The molecular weight excluding hydrogens is 733 g/mol. The first-order valence-corrected chi connectivity index (χ1v) is 17.5. The summed E-state index contributed by atoms with van der Waals surface area (Å²) in [6, 6.07) is -0.152. The molecule has 3 aliphatic rings. The van der Waals surface area contributed by atoms with Gasteiger partial charge in [-0.25, -0.2) is 14.4 Å². The SMILES string of the molecule is CO.COC[C@@H]1C[C@@H](N)CN1C(=O)OC(C)(C)C.COC[C@@H]1C[C@@H](N=NN)CN1C(=O)OC(C)(C)C.COC[C@@H]1C[C@H](O)CN1C(=O)OC(C)(C)C.[V]. The summed E-state index contributed by atoms with van der Waals surface area (Å²) in [5.74, 6) is 5.04. The third kappa shape index (κ3) is 21.3. The summed E-state index contributed by atoms with van der Waals surface area (Å²) in [5, 5.41) is 23.7. The number of hydrogen-bond donors (Lipinski definition) is 4. The molecule has 18 nitrogen and oxygen atoms in total. The Kier molecular flexibility index (Phi) is 24.7. The van der Waals surface area contributed by atoms with Crippen molar-refractivity contribution in [2.45, 2.75) is 135 Å². The minimum absolute atomic E-state index is 0. The largest absolute Gasteiger partial charge is 0.444 e. The topological polar surface area (TPSA) is 234 Å². The maximum atomic E-state index is 12.0. The molecule has 0 spiro atoms. The molecule has 0 aromatic heterocycles. The predicted molar refractivity (Wildman–Crippen MR) is 195 cm³/mol. The van der Waals surface area contributed by atoms with Crippen molar-refractivity contribution in [2.24, 2.45) is 21.9 Å². The second kappa shape index (κ2) is 24.9. The molecule has 3 amide bonds. The van der Waals surface area contributed by atoms with Gasteiger partial charge >= 0.3 is 18.3 Å². The van der Waals surface area contributed by atoms with Gasteiger partial charge in [-0.1, -0.05) is 5.22 Å². The Hall–Kier alpha value is -2.45. The number of ether oxygens (including phenoxy) is 6. The molecule has 0 aliphatic carbocycles. The summed E-state index contributed by atoms with van der Waals surface area (Å²) >= 11 is 0. The molecule has 0 saturated carbocycles. The molecule has 3 heterocycles. The van der Waals surface area contributed by atoms with Gasteiger partial charge in [-0.3, -0.25) is 0 Å². The first-order chi connectivity index (χ1) is 24.0. The van der Waals surface area contributed by atoms with Crippen molar-refractivity contribution in [3.63, 3.8) is 0 Å². The first kappa shape index (κ1) is 52.7. The van der Waals surface area contributed by atoms with Crippen molar-refractivity contribution in [3.8, 4) is 0 Å². The Labute approximate surface area is 328 Å². The monoisotopic (exact) mass is 802 g/mol. The number of hydrogen-bond acceptors (Lipinski definition) is 14. The van der Waals surface area contributed by atoms with Crippen LogP contribution in [0.15, 0.2) is 10.3 Å². The third-order valence-corrected chi connectivity index (χ3v) is 7.42. The van der Waals surface area contributed by atoms with E-state index in [1.165, 1.54) is 0 Å². The minimum atomic E-state index is -0.512. The van der Waals surface area contributed by atoms with Gasteiger partial charge in [-0.05, 0) is 81.6 Å². The van der Waals surface area contributed by atoms with E-state index in [0.717, 1.165) is 13.5 Å². The number of aliphatic hydroxyl groups excluding tert-OH is 2. The summed E-state index contributed by atoms with van der Waals surface area (Å²) in [4.78, 5) is 40.6. The number of β-amino-alcohol motifs (C(OH)–C–C–N with tert-alkyl or cyclic N) is 1. The smallest absolute Gasteiger partial charge is 0.410 e. The Morgan fingerprint density at radius 3 is 1.34 bits per heavy atom. The number of nitrogens with two attached hydrogens (primary N) is 2. The number of rotatable bonds is 7. The molecular formula is C34H69N7O11V. The fourth-order valence-corrected chi connectivity index (χ4v) is 5.60. The molecule has 6 N–H and O–H groups in total. The van der Waals surface area contributed by atoms with E-state index in [1.807, 2.05) is 62.3 Å². The molecule has 0 bridgehead atoms. The zero-order valence-corrected chi connectivity index (χ0v) is 35.6. The number of amides is 3. The number of aliphatic hydroxyl groups is 2. The Balaban J connectivity index is 0. The van der Waals surface area contributed by atoms with Gasteiger partial charge in [0.15, 0.2) is 0 Å². The van der Waals surface area contributed by atoms with Crippen LogP contribution < -0.4 is 11.6 Å². The molecule has 0 unspecified atom stereocenters. The van der Waals surface area contributed by atoms with Gasteiger partial charge in [0.05, 0.1) is 56.6 Å². The van der Waals surface area contributed by atoms with E-state index in [9.17, 15) is 19.5 Å². The maximum absolute atomic E-state index is 12.0. The van der Waals surface area contributed by atoms with Crippen molar-refractivity contribution in [1.29, 1.82) is 0 Å². The number of carbonyl (C=O) groups is 3. The van der Waals surface area contributed by atoms with Crippen LogP contribution in [-0.4, -0.2) is 164 Å². The van der Waals surface area contributed by atoms with Crippen LogP contribution in [0.1, 0.15) is 81.6 Å². The summed E-state index contributed by atoms with van der Waals surface area (Å²) in [6.45, 7) is 19.3. The number of carbonyl (C=O) groups excluding carboxylic acids is 3. The van der Waals surface area contributed by atoms with E-state index in [-0.39, 0.29) is 67.0 Å². The van der Waals surface area contributed by atoms with Gasteiger partial charge in [0.2, 0.25) is 0 Å². The van der Waals surface area contributed by atoms with Crippen LogP contribution in [0.2, 0.25) is 0 Å². The summed E-state index contributed by atoms with van der Waals surface area (Å²) in [6.07, 6.45) is 0.494. The van der Waals surface area contributed by atoms with Crippen LogP contribution in [0, 0.1) is 0 Å². The van der Waals surface area contributed by atoms with E-state index in [1.54, 1.807) is 36.0 Å². The van der Waals surface area contributed by atoms with E-state index in [0.29, 0.717) is 52.3 Å². The Bertz CT molecular complexity index is 1030. The van der Waals surface area contributed by atoms with Gasteiger partial charge in [0, 0.05) is 66.1 Å². The molecule has 3 fully saturated rings. The van der Waals surface area contributed by atoms with E-state index in [4.69, 9.17) is 45.1 Å². The Morgan fingerprint density at radius 2 is 0.981 bits per heavy atom. The first-order valence-electron chi connectivity index (χ1n) is 17.5. The van der Waals surface area contributed by atoms with Crippen molar-refractivity contribution in [3.05, 3.63) is 0 Å². The molecule has 0 aromatic rings. The van der Waals surface area contributed by atoms with Crippen LogP contribution in [0.25, 0.3) is 0 Å². The summed E-state index contributed by atoms with van der Waals surface area (Å²) < 4.78 is 31.2. The molecule has 311 valence electrons. The minimum Gasteiger partial charge on any atom is -0.444 e. The molecule has 3 aliphatic heterocycles. The maximum Gasteiger partial charge on any atom is 0.410 e. The molecule has 3 rings (SSSR count). The van der Waals surface area contributed by atoms with Crippen LogP contribution in [0.4, 0.5) is 14.4 Å². The average molecular weight is 803 g/mol. The van der Waals surface area contributed by atoms with Crippen LogP contribution in [0.5, 0.6) is 0 Å². The van der Waals surface area contributed by atoms with Gasteiger partial charge in [-0.2, -0.15) is 5.11 Å². The van der Waals surface area contributed by atoms with Crippen molar-refractivity contribution >= 4 is 18.3 Å². The number of methoxy groups -OCH3 is 3. The molecule has 53 heavy (non-hydrogen) atoms. The zero-order valence-electron chi connectivity index (χ0n) is 34.2. The van der Waals surface area contributed by atoms with E-state index < -0.39 is 22.9 Å². The van der Waals surface area contributed by atoms with Crippen LogP contribution >= 0.6 is 0 Å². The van der Waals surface area contributed by atoms with E-state index >= 15 is 0 Å². The second-order valence-corrected chi connectivity index (χ2v) is 15.7. The second-order valence-electron chi connectivity index (χ2n) is 15.7. The van der Waals surface area contributed by atoms with Crippen LogP contribution in [0.3, 0.4) is 0 Å². The fourth-order valence-electron chi connectivity index (χ4n) is 5.60. The molecule has 19 heteroatoms. The molecule has 0 aromatic carbocycles. The molecule has 1 radical (unpaired) electrons. The molecule has 3 saturated heterocycles. The summed E-state index contributed by atoms with van der Waals surface area (Å²) in [5.41, 5.74) is 4.35. The van der Waals surface area contributed by atoms with Crippen LogP contribution in [-0.2, 0) is 47.0 Å². The quantitative estimate of drug-likeness (QED) is 0.126. The standard InChI is InChI=1S/C11H22N4O3.C11H22N2O3.C11H21NO4.CH4O.V/c1-11(2,3)18-10(16)15-6-8(13-14-12)5-9(15)7-17-4;1-11(2,3)16-10(14)13-6-8(12)5-9(13)7-15-4;1-11(2,3)16-10(14)12-6-9(13)5-8(12)7-15-4;1-2;/h8-9H,5-7H2,1-4H3,(H2,12,13);8-9H,5-7,12H2,1-4H3;8-9,13H,5-7H2,1-4H3;2H,1H3;/t2*8-,9+;8-,9-;;/m110../s1. The van der Waals surface area contributed by atoms with Gasteiger partial charge in [0.25, 0.3) is 0 Å². The Morgan fingerprint density at radius 1 is 0.642 bits per heavy atom. The van der Waals surface area contributed by atoms with Gasteiger partial charge < -0.3 is 64.9 Å². The third-order valence-electron chi connectivity index (χ3n) is 7.42. The number of nitrogens with zero attached hydrogens (tertiary/aromatic N) is 5. The van der Waals surface area contributed by atoms with E-state index in [2.05, 4.69) is 10.3 Å².